The van der Waals surface area contributed by atoms with Crippen LogP contribution in [0.15, 0.2) is 24.3 Å². The number of carbonyl (C=O) groups is 1. The molecule has 0 aliphatic heterocycles. The Morgan fingerprint density at radius 1 is 0.511 bits per heavy atom. The summed E-state index contributed by atoms with van der Waals surface area (Å²) >= 11 is 0. The maximum Gasteiger partial charge on any atom is 0.249 e. The van der Waals surface area contributed by atoms with Crippen molar-refractivity contribution >= 4 is 5.91 Å². The minimum atomic E-state index is -1.28. The van der Waals surface area contributed by atoms with Gasteiger partial charge in [-0.1, -0.05) is 160 Å². The Morgan fingerprint density at radius 2 is 0.872 bits per heavy atom. The van der Waals surface area contributed by atoms with E-state index in [9.17, 15) is 25.2 Å². The van der Waals surface area contributed by atoms with Gasteiger partial charge in [-0.25, -0.2) is 0 Å². The van der Waals surface area contributed by atoms with Crippen LogP contribution < -0.4 is 5.32 Å². The maximum atomic E-state index is 12.5. The lowest BCUT2D eigenvalue weighted by Gasteiger charge is -2.27. The predicted octanol–water partition coefficient (Wildman–Crippen LogP) is 10.0. The first-order valence-electron chi connectivity index (χ1n) is 20.2. The summed E-state index contributed by atoms with van der Waals surface area (Å²) in [6.07, 6.45) is 39.1. The number of aliphatic hydroxyl groups excluding tert-OH is 4. The first kappa shape index (κ1) is 45.8. The molecule has 0 fully saturated rings. The van der Waals surface area contributed by atoms with Crippen molar-refractivity contribution in [3.63, 3.8) is 0 Å². The quantitative estimate of drug-likeness (QED) is 0.0338. The van der Waals surface area contributed by atoms with Crippen molar-refractivity contribution in [2.24, 2.45) is 0 Å². The molecule has 0 bridgehead atoms. The summed E-state index contributed by atoms with van der Waals surface area (Å²) in [5, 5.41) is 43.5. The number of carbonyl (C=O) groups excluding carboxylic acids is 1. The number of allylic oxidation sites excluding steroid dienone is 4. The van der Waals surface area contributed by atoms with E-state index in [0.29, 0.717) is 12.8 Å². The third-order valence-corrected chi connectivity index (χ3v) is 9.38. The van der Waals surface area contributed by atoms with Gasteiger partial charge in [-0.05, 0) is 64.2 Å². The van der Waals surface area contributed by atoms with E-state index in [0.717, 1.165) is 51.4 Å². The lowest BCUT2D eigenvalue weighted by atomic mass is 10.00. The van der Waals surface area contributed by atoms with Crippen LogP contribution >= 0.6 is 0 Å². The van der Waals surface area contributed by atoms with Gasteiger partial charge in [0.15, 0.2) is 0 Å². The normalized spacial score (nSPS) is 14.6. The van der Waals surface area contributed by atoms with E-state index in [2.05, 4.69) is 43.5 Å². The molecule has 0 spiro atoms. The summed E-state index contributed by atoms with van der Waals surface area (Å²) in [6, 6.07) is -1.00. The number of unbranched alkanes of at least 4 members (excludes halogenated alkanes) is 23. The van der Waals surface area contributed by atoms with Crippen LogP contribution in [0.4, 0.5) is 0 Å². The second-order valence-corrected chi connectivity index (χ2v) is 14.0. The zero-order valence-corrected chi connectivity index (χ0v) is 31.0. The van der Waals surface area contributed by atoms with Gasteiger partial charge in [-0.2, -0.15) is 0 Å². The fraction of sp³-hybridized carbons (Fsp3) is 0.878. The summed E-state index contributed by atoms with van der Waals surface area (Å²) in [4.78, 5) is 12.5. The summed E-state index contributed by atoms with van der Waals surface area (Å²) in [5.41, 5.74) is 0. The van der Waals surface area contributed by atoms with E-state index in [1.54, 1.807) is 0 Å². The van der Waals surface area contributed by atoms with Gasteiger partial charge in [0.2, 0.25) is 5.91 Å². The van der Waals surface area contributed by atoms with Crippen LogP contribution in [-0.4, -0.2) is 57.3 Å². The molecule has 6 nitrogen and oxygen atoms in total. The van der Waals surface area contributed by atoms with Crippen molar-refractivity contribution in [3.05, 3.63) is 24.3 Å². The highest BCUT2D eigenvalue weighted by Gasteiger charge is 2.28. The van der Waals surface area contributed by atoms with Crippen molar-refractivity contribution in [2.75, 3.05) is 6.61 Å². The molecule has 1 amide bonds. The van der Waals surface area contributed by atoms with E-state index >= 15 is 0 Å². The molecule has 4 atom stereocenters. The van der Waals surface area contributed by atoms with Crippen molar-refractivity contribution in [2.45, 2.75) is 224 Å². The molecule has 0 heterocycles. The smallest absolute Gasteiger partial charge is 0.249 e. The number of hydrogen-bond acceptors (Lipinski definition) is 5. The Labute approximate surface area is 291 Å². The summed E-state index contributed by atoms with van der Waals surface area (Å²) in [7, 11) is 0. The van der Waals surface area contributed by atoms with Crippen LogP contribution in [0.1, 0.15) is 200 Å². The average molecular weight is 666 g/mol. The average Bonchev–Trinajstić information content (AvgIpc) is 3.07. The van der Waals surface area contributed by atoms with Gasteiger partial charge in [0, 0.05) is 0 Å². The van der Waals surface area contributed by atoms with E-state index in [-0.39, 0.29) is 0 Å². The standard InChI is InChI=1S/C41H79NO5/c1-3-5-7-9-11-13-15-17-19-21-22-24-26-28-30-32-34-38(44)40(46)37(36-43)42-41(47)39(45)35-33-31-29-27-25-23-20-18-16-14-12-10-8-6-4-2/h20,23,26,28,37-40,43-46H,3-19,21-22,24-25,27,29-36H2,1-2H3,(H,42,47)/b23-20-,28-26+. The number of amides is 1. The van der Waals surface area contributed by atoms with Gasteiger partial charge in [0.1, 0.15) is 12.2 Å². The van der Waals surface area contributed by atoms with Gasteiger partial charge in [0.05, 0.1) is 18.8 Å². The van der Waals surface area contributed by atoms with Crippen molar-refractivity contribution < 1.29 is 25.2 Å². The molecule has 0 saturated carbocycles. The Kier molecular flexibility index (Phi) is 35.2. The molecule has 0 aliphatic carbocycles. The van der Waals surface area contributed by atoms with Gasteiger partial charge in [-0.15, -0.1) is 0 Å². The molecular formula is C41H79NO5. The minimum Gasteiger partial charge on any atom is -0.394 e. The third kappa shape index (κ3) is 30.6. The Bertz CT molecular complexity index is 712. The highest BCUT2D eigenvalue weighted by Crippen LogP contribution is 2.14. The largest absolute Gasteiger partial charge is 0.394 e. The van der Waals surface area contributed by atoms with Crippen LogP contribution in [0, 0.1) is 0 Å². The third-order valence-electron chi connectivity index (χ3n) is 9.38. The highest BCUT2D eigenvalue weighted by molar-refractivity contribution is 5.80. The van der Waals surface area contributed by atoms with E-state index < -0.39 is 36.9 Å². The SMILES string of the molecule is CCCCCCCCC/C=C\CCCCCCC(O)C(=O)NC(CO)C(O)C(O)CCC/C=C/CCCCCCCCCCCCC. The second-order valence-electron chi connectivity index (χ2n) is 14.0. The highest BCUT2D eigenvalue weighted by atomic mass is 16.3. The zero-order chi connectivity index (χ0) is 34.6. The maximum absolute atomic E-state index is 12.5. The first-order valence-corrected chi connectivity index (χ1v) is 20.2. The molecule has 0 radical (unpaired) electrons. The van der Waals surface area contributed by atoms with Crippen molar-refractivity contribution in [3.8, 4) is 0 Å². The number of rotatable bonds is 36. The van der Waals surface area contributed by atoms with Gasteiger partial charge >= 0.3 is 0 Å². The molecule has 0 aromatic carbocycles. The summed E-state index contributed by atoms with van der Waals surface area (Å²) in [5.74, 6) is -0.603. The monoisotopic (exact) mass is 666 g/mol. The van der Waals surface area contributed by atoms with Crippen molar-refractivity contribution in [1.82, 2.24) is 5.32 Å². The van der Waals surface area contributed by atoms with Crippen LogP contribution in [0.5, 0.6) is 0 Å². The summed E-state index contributed by atoms with van der Waals surface area (Å²) < 4.78 is 0. The lowest BCUT2D eigenvalue weighted by Crippen LogP contribution is -2.53. The van der Waals surface area contributed by atoms with E-state index in [4.69, 9.17) is 0 Å². The zero-order valence-electron chi connectivity index (χ0n) is 31.0. The molecule has 47 heavy (non-hydrogen) atoms. The lowest BCUT2D eigenvalue weighted by molar-refractivity contribution is -0.132. The second kappa shape index (κ2) is 36.1. The molecule has 0 rings (SSSR count). The summed E-state index contributed by atoms with van der Waals surface area (Å²) in [6.45, 7) is 4.02. The minimum absolute atomic E-state index is 0.349. The number of hydrogen-bond donors (Lipinski definition) is 5. The molecule has 0 aromatic heterocycles. The topological polar surface area (TPSA) is 110 Å². The molecule has 4 unspecified atom stereocenters. The van der Waals surface area contributed by atoms with Crippen LogP contribution in [0.25, 0.3) is 0 Å². The molecule has 0 aliphatic rings. The fourth-order valence-electron chi connectivity index (χ4n) is 6.10. The number of nitrogens with one attached hydrogen (secondary N) is 1. The molecule has 5 N–H and O–H groups in total. The molecule has 0 saturated heterocycles. The Hall–Kier alpha value is -1.21. The van der Waals surface area contributed by atoms with Crippen LogP contribution in [0.2, 0.25) is 0 Å². The van der Waals surface area contributed by atoms with E-state index in [1.807, 2.05) is 0 Å². The van der Waals surface area contributed by atoms with Gasteiger partial charge < -0.3 is 25.7 Å². The van der Waals surface area contributed by atoms with E-state index in [1.165, 1.54) is 122 Å². The molecule has 6 heteroatoms. The molecule has 278 valence electrons. The first-order chi connectivity index (χ1) is 23.0. The van der Waals surface area contributed by atoms with Gasteiger partial charge in [0.25, 0.3) is 0 Å². The molecule has 0 aromatic rings. The Morgan fingerprint density at radius 3 is 1.28 bits per heavy atom. The van der Waals surface area contributed by atoms with Crippen molar-refractivity contribution in [1.29, 1.82) is 0 Å². The fourth-order valence-corrected chi connectivity index (χ4v) is 6.10. The van der Waals surface area contributed by atoms with Crippen LogP contribution in [-0.2, 0) is 4.79 Å². The predicted molar refractivity (Wildman–Crippen MR) is 201 cm³/mol. The van der Waals surface area contributed by atoms with Crippen LogP contribution in [0.3, 0.4) is 0 Å². The van der Waals surface area contributed by atoms with Gasteiger partial charge in [-0.3, -0.25) is 4.79 Å². The Balaban J connectivity index is 3.84. The molecular weight excluding hydrogens is 586 g/mol. The number of aliphatic hydroxyl groups is 4.